The SMILES string of the molecule is CC.CC.CC(=O)c1ccc(-c2cccc(C)c2C)c2c1CC1=C2CC(C)N(C)C1.Cc1cccc(-c2ccc(C(N)=O)c3c2C2=C(C3)CC(C)N(C)C2)c1C. The molecule has 2 atom stereocenters. The van der Waals surface area contributed by atoms with Gasteiger partial charge in [0.05, 0.1) is 0 Å². The van der Waals surface area contributed by atoms with Gasteiger partial charge in [0.2, 0.25) is 5.91 Å². The van der Waals surface area contributed by atoms with Gasteiger partial charge in [-0.25, -0.2) is 0 Å². The molecule has 4 aliphatic rings. The Morgan fingerprint density at radius 3 is 1.59 bits per heavy atom. The number of benzene rings is 4. The minimum Gasteiger partial charge on any atom is -0.366 e. The fourth-order valence-electron chi connectivity index (χ4n) is 9.05. The van der Waals surface area contributed by atoms with Gasteiger partial charge in [-0.15, -0.1) is 0 Å². The number of likely N-dealkylation sites (N-methyl/N-ethyl adjacent to an activating group) is 2. The van der Waals surface area contributed by atoms with E-state index in [-0.39, 0.29) is 11.7 Å². The number of carbonyl (C=O) groups excluding carboxylic acids is 2. The van der Waals surface area contributed by atoms with E-state index in [0.29, 0.717) is 17.6 Å². The van der Waals surface area contributed by atoms with Crippen molar-refractivity contribution in [2.45, 2.75) is 114 Å². The maximum atomic E-state index is 12.3. The minimum atomic E-state index is -0.324. The average Bonchev–Trinajstić information content (AvgIpc) is 3.73. The average molecular weight is 752 g/mol. The van der Waals surface area contributed by atoms with Gasteiger partial charge in [-0.05, 0) is 178 Å². The van der Waals surface area contributed by atoms with Gasteiger partial charge in [-0.2, -0.15) is 0 Å². The number of carbonyl (C=O) groups is 2. The van der Waals surface area contributed by atoms with Gasteiger partial charge in [0.25, 0.3) is 0 Å². The molecule has 4 aromatic rings. The zero-order chi connectivity index (χ0) is 41.2. The molecular formula is C51H65N3O2. The largest absolute Gasteiger partial charge is 0.366 e. The lowest BCUT2D eigenvalue weighted by Gasteiger charge is -2.32. The van der Waals surface area contributed by atoms with Crippen LogP contribution in [0.3, 0.4) is 0 Å². The number of primary amides is 1. The Hall–Kier alpha value is -4.58. The first-order chi connectivity index (χ1) is 26.8. The topological polar surface area (TPSA) is 66.6 Å². The second-order valence-corrected chi connectivity index (χ2v) is 15.9. The normalized spacial score (nSPS) is 18.3. The summed E-state index contributed by atoms with van der Waals surface area (Å²) in [7, 11) is 4.39. The van der Waals surface area contributed by atoms with Crippen LogP contribution >= 0.6 is 0 Å². The van der Waals surface area contributed by atoms with Crippen molar-refractivity contribution in [1.29, 1.82) is 0 Å². The Bertz CT molecular complexity index is 2060. The number of hydrogen-bond donors (Lipinski definition) is 1. The summed E-state index contributed by atoms with van der Waals surface area (Å²) in [5.74, 6) is -0.148. The first-order valence-electron chi connectivity index (χ1n) is 20.8. The van der Waals surface area contributed by atoms with Crippen LogP contribution in [0.5, 0.6) is 0 Å². The first-order valence-corrected chi connectivity index (χ1v) is 20.8. The number of hydrogen-bond acceptors (Lipinski definition) is 4. The van der Waals surface area contributed by atoms with Gasteiger partial charge in [0, 0.05) is 36.3 Å². The molecule has 8 rings (SSSR count). The number of nitrogens with zero attached hydrogens (tertiary/aromatic N) is 2. The number of nitrogens with two attached hydrogens (primary N) is 1. The predicted octanol–water partition coefficient (Wildman–Crippen LogP) is 11.4. The monoisotopic (exact) mass is 752 g/mol. The fourth-order valence-corrected chi connectivity index (χ4v) is 9.05. The number of ketones is 1. The van der Waals surface area contributed by atoms with Gasteiger partial charge in [-0.1, -0.05) is 87.9 Å². The second-order valence-electron chi connectivity index (χ2n) is 15.9. The molecule has 2 unspecified atom stereocenters. The van der Waals surface area contributed by atoms with Gasteiger partial charge in [0.1, 0.15) is 0 Å². The molecule has 56 heavy (non-hydrogen) atoms. The van der Waals surface area contributed by atoms with Crippen LogP contribution in [-0.2, 0) is 12.8 Å². The summed E-state index contributed by atoms with van der Waals surface area (Å²) in [5.41, 5.74) is 28.5. The third kappa shape index (κ3) is 7.86. The quantitative estimate of drug-likeness (QED) is 0.211. The highest BCUT2D eigenvalue weighted by Crippen LogP contribution is 2.48. The number of Topliss-reactive ketones (excluding diaryl/α,β-unsaturated/α-hetero) is 1. The Morgan fingerprint density at radius 1 is 0.589 bits per heavy atom. The highest BCUT2D eigenvalue weighted by Gasteiger charge is 2.35. The predicted molar refractivity (Wildman–Crippen MR) is 239 cm³/mol. The summed E-state index contributed by atoms with van der Waals surface area (Å²) in [6.07, 6.45) is 3.91. The first kappa shape index (κ1) is 42.6. The molecule has 2 aliphatic carbocycles. The molecule has 2 N–H and O–H groups in total. The molecule has 0 radical (unpaired) electrons. The van der Waals surface area contributed by atoms with E-state index in [1.165, 1.54) is 83.5 Å². The van der Waals surface area contributed by atoms with Crippen LogP contribution in [0.25, 0.3) is 33.4 Å². The molecule has 5 heteroatoms. The maximum Gasteiger partial charge on any atom is 0.249 e. The molecule has 1 amide bonds. The summed E-state index contributed by atoms with van der Waals surface area (Å²) in [6, 6.07) is 22.3. The van der Waals surface area contributed by atoms with Crippen molar-refractivity contribution in [2.24, 2.45) is 5.73 Å². The van der Waals surface area contributed by atoms with Crippen molar-refractivity contribution in [1.82, 2.24) is 9.80 Å². The highest BCUT2D eigenvalue weighted by atomic mass is 16.1. The molecule has 0 fully saturated rings. The molecule has 296 valence electrons. The van der Waals surface area contributed by atoms with Gasteiger partial charge in [0.15, 0.2) is 5.78 Å². The molecule has 2 heterocycles. The van der Waals surface area contributed by atoms with E-state index in [1.54, 1.807) is 6.92 Å². The Morgan fingerprint density at radius 2 is 1.05 bits per heavy atom. The van der Waals surface area contributed by atoms with Crippen molar-refractivity contribution in [3.8, 4) is 22.3 Å². The standard InChI is InChI=1S/C24H27NO.C23H26N2O.2C2H6/c1-14-7-6-8-19(16(14)3)21-10-9-20(17(4)26)23-12-18-13-25(5)15(2)11-22(18)24(21)23;1-13-6-5-7-17(15(13)3)18-8-9-19(23(24)26)20-11-16-10-14(2)25(4)12-21(16)22(18)20;2*1-2/h6-10,15H,11-13H2,1-5H3;5-9,14H,10-12H2,1-4H3,(H2,24,26);2*1-2H3. The van der Waals surface area contributed by atoms with Crippen LogP contribution in [-0.4, -0.2) is 60.8 Å². The van der Waals surface area contributed by atoms with E-state index in [4.69, 9.17) is 5.73 Å². The summed E-state index contributed by atoms with van der Waals surface area (Å²) in [6.45, 7) is 24.9. The minimum absolute atomic E-state index is 0.176. The zero-order valence-corrected chi connectivity index (χ0v) is 36.5. The maximum absolute atomic E-state index is 12.3. The lowest BCUT2D eigenvalue weighted by Crippen LogP contribution is -2.34. The summed E-state index contributed by atoms with van der Waals surface area (Å²) in [5, 5.41) is 0. The smallest absolute Gasteiger partial charge is 0.249 e. The van der Waals surface area contributed by atoms with Crippen molar-refractivity contribution in [2.75, 3.05) is 27.2 Å². The van der Waals surface area contributed by atoms with Crippen molar-refractivity contribution in [3.05, 3.63) is 127 Å². The molecule has 0 spiro atoms. The molecule has 2 aliphatic heterocycles. The van der Waals surface area contributed by atoms with Gasteiger partial charge in [-0.3, -0.25) is 19.4 Å². The lowest BCUT2D eigenvalue weighted by atomic mass is 9.85. The van der Waals surface area contributed by atoms with Crippen LogP contribution in [0, 0.1) is 27.7 Å². The van der Waals surface area contributed by atoms with E-state index >= 15 is 0 Å². The van der Waals surface area contributed by atoms with Crippen molar-refractivity contribution < 1.29 is 9.59 Å². The number of aryl methyl sites for hydroxylation is 2. The van der Waals surface area contributed by atoms with Crippen LogP contribution in [0.2, 0.25) is 0 Å². The van der Waals surface area contributed by atoms with E-state index in [2.05, 4.69) is 114 Å². The van der Waals surface area contributed by atoms with E-state index in [0.717, 1.165) is 49.9 Å². The molecule has 0 saturated heterocycles. The van der Waals surface area contributed by atoms with Crippen molar-refractivity contribution in [3.63, 3.8) is 0 Å². The Kier molecular flexibility index (Phi) is 13.4. The molecule has 0 saturated carbocycles. The van der Waals surface area contributed by atoms with Crippen LogP contribution < -0.4 is 5.73 Å². The highest BCUT2D eigenvalue weighted by molar-refractivity contribution is 6.02. The summed E-state index contributed by atoms with van der Waals surface area (Å²) in [4.78, 5) is 29.2. The number of rotatable bonds is 4. The van der Waals surface area contributed by atoms with Gasteiger partial charge >= 0.3 is 0 Å². The van der Waals surface area contributed by atoms with E-state index < -0.39 is 0 Å². The van der Waals surface area contributed by atoms with Crippen molar-refractivity contribution >= 4 is 22.8 Å². The Labute approximate surface area is 337 Å². The zero-order valence-electron chi connectivity index (χ0n) is 36.5. The summed E-state index contributed by atoms with van der Waals surface area (Å²) < 4.78 is 0. The Balaban J connectivity index is 0.000000197. The summed E-state index contributed by atoms with van der Waals surface area (Å²) >= 11 is 0. The van der Waals surface area contributed by atoms with E-state index in [9.17, 15) is 9.59 Å². The molecule has 0 aromatic heterocycles. The van der Waals surface area contributed by atoms with Crippen LogP contribution in [0.4, 0.5) is 0 Å². The molecule has 5 nitrogen and oxygen atoms in total. The molecular weight excluding hydrogens is 687 g/mol. The molecule has 4 aromatic carbocycles. The van der Waals surface area contributed by atoms with Gasteiger partial charge < -0.3 is 5.73 Å². The van der Waals surface area contributed by atoms with Crippen LogP contribution in [0.1, 0.15) is 127 Å². The van der Waals surface area contributed by atoms with Crippen LogP contribution in [0.15, 0.2) is 71.8 Å². The third-order valence-electron chi connectivity index (χ3n) is 12.7. The fraction of sp³-hybridized carbons (Fsp3) is 0.412. The molecule has 0 bridgehead atoms. The lowest BCUT2D eigenvalue weighted by molar-refractivity contribution is 0.0995. The second kappa shape index (κ2) is 17.7. The third-order valence-corrected chi connectivity index (χ3v) is 12.7. The number of amides is 1. The van der Waals surface area contributed by atoms with E-state index in [1.807, 2.05) is 39.8 Å². The number of fused-ring (bicyclic) bond motifs is 4.